The number of esters is 1. The van der Waals surface area contributed by atoms with Gasteiger partial charge in [-0.15, -0.1) is 0 Å². The summed E-state index contributed by atoms with van der Waals surface area (Å²) in [6, 6.07) is 16.9. The van der Waals surface area contributed by atoms with Crippen LogP contribution in [0, 0.1) is 0 Å². The molecule has 0 bridgehead atoms. The minimum absolute atomic E-state index is 0.200. The number of ether oxygens (including phenoxy) is 1. The zero-order chi connectivity index (χ0) is 17.2. The quantitative estimate of drug-likeness (QED) is 0.710. The number of carbonyl (C=O) groups excluding carboxylic acids is 1. The number of nitrogens with two attached hydrogens (primary N) is 2. The number of aromatic nitrogens is 2. The highest BCUT2D eigenvalue weighted by molar-refractivity contribution is 5.90. The van der Waals surface area contributed by atoms with Gasteiger partial charge in [0.2, 0.25) is 0 Å². The van der Waals surface area contributed by atoms with Crippen LogP contribution in [-0.2, 0) is 11.3 Å². The Kier molecular flexibility index (Phi) is 6.82. The Morgan fingerprint density at radius 3 is 2.42 bits per heavy atom. The van der Waals surface area contributed by atoms with Crippen molar-refractivity contribution >= 4 is 17.0 Å². The number of nitrogens with zero attached hydrogens (tertiary/aromatic N) is 2. The van der Waals surface area contributed by atoms with E-state index in [4.69, 9.17) is 16.2 Å². The molecule has 0 spiro atoms. The van der Waals surface area contributed by atoms with E-state index in [1.165, 1.54) is 5.56 Å². The Morgan fingerprint density at radius 2 is 1.75 bits per heavy atom. The van der Waals surface area contributed by atoms with Crippen molar-refractivity contribution in [3.05, 3.63) is 72.1 Å². The van der Waals surface area contributed by atoms with Gasteiger partial charge >= 0.3 is 5.97 Å². The van der Waals surface area contributed by atoms with Gasteiger partial charge in [0.15, 0.2) is 0 Å². The molecule has 0 aliphatic carbocycles. The van der Waals surface area contributed by atoms with Crippen molar-refractivity contribution in [1.82, 2.24) is 9.97 Å². The third kappa shape index (κ3) is 5.12. The smallest absolute Gasteiger partial charge is 0.356 e. The molecule has 0 fully saturated rings. The van der Waals surface area contributed by atoms with Gasteiger partial charge in [-0.1, -0.05) is 30.3 Å². The van der Waals surface area contributed by atoms with E-state index in [1.54, 1.807) is 30.5 Å². The lowest BCUT2D eigenvalue weighted by molar-refractivity contribution is 0.0510. The number of benzene rings is 1. The second-order valence-corrected chi connectivity index (χ2v) is 4.85. The molecule has 0 unspecified atom stereocenters. The zero-order valence-corrected chi connectivity index (χ0v) is 13.3. The molecule has 0 amide bonds. The summed E-state index contributed by atoms with van der Waals surface area (Å²) in [6.45, 7) is 1.15. The lowest BCUT2D eigenvalue weighted by atomic mass is 10.2. The SMILES string of the molecule is NCCOC(=O)c1ccc2ncccc2n1.NCc1ccccc1. The van der Waals surface area contributed by atoms with Crippen LogP contribution in [0.2, 0.25) is 0 Å². The van der Waals surface area contributed by atoms with Gasteiger partial charge in [0, 0.05) is 19.3 Å². The first kappa shape index (κ1) is 17.5. The molecular formula is C18H20N4O2. The van der Waals surface area contributed by atoms with Gasteiger partial charge in [-0.25, -0.2) is 9.78 Å². The Hall–Kier alpha value is -2.83. The molecule has 2 aromatic heterocycles. The predicted molar refractivity (Wildman–Crippen MR) is 93.2 cm³/mol. The van der Waals surface area contributed by atoms with Crippen LogP contribution < -0.4 is 11.5 Å². The van der Waals surface area contributed by atoms with Gasteiger partial charge < -0.3 is 16.2 Å². The molecule has 24 heavy (non-hydrogen) atoms. The van der Waals surface area contributed by atoms with E-state index in [-0.39, 0.29) is 12.3 Å². The molecule has 3 rings (SSSR count). The molecule has 0 radical (unpaired) electrons. The number of carbonyl (C=O) groups is 1. The molecule has 1 aromatic carbocycles. The molecule has 2 heterocycles. The highest BCUT2D eigenvalue weighted by atomic mass is 16.5. The van der Waals surface area contributed by atoms with Crippen LogP contribution in [0.3, 0.4) is 0 Å². The maximum absolute atomic E-state index is 11.5. The van der Waals surface area contributed by atoms with E-state index in [0.717, 1.165) is 5.52 Å². The first-order valence-electron chi connectivity index (χ1n) is 7.57. The fourth-order valence-corrected chi connectivity index (χ4v) is 1.91. The van der Waals surface area contributed by atoms with E-state index >= 15 is 0 Å². The van der Waals surface area contributed by atoms with Gasteiger partial charge in [-0.05, 0) is 29.8 Å². The van der Waals surface area contributed by atoms with Gasteiger partial charge in [0.25, 0.3) is 0 Å². The van der Waals surface area contributed by atoms with Crippen molar-refractivity contribution in [3.8, 4) is 0 Å². The van der Waals surface area contributed by atoms with Crippen LogP contribution in [-0.4, -0.2) is 29.1 Å². The lowest BCUT2D eigenvalue weighted by Crippen LogP contribution is -2.14. The number of rotatable bonds is 4. The monoisotopic (exact) mass is 324 g/mol. The van der Waals surface area contributed by atoms with Crippen LogP contribution in [0.25, 0.3) is 11.0 Å². The van der Waals surface area contributed by atoms with Crippen LogP contribution in [0.5, 0.6) is 0 Å². The van der Waals surface area contributed by atoms with E-state index < -0.39 is 5.97 Å². The Balaban J connectivity index is 0.000000219. The Morgan fingerprint density at radius 1 is 0.958 bits per heavy atom. The molecular weight excluding hydrogens is 304 g/mol. The number of pyridine rings is 2. The van der Waals surface area contributed by atoms with Crippen molar-refractivity contribution in [1.29, 1.82) is 0 Å². The summed E-state index contributed by atoms with van der Waals surface area (Å²) in [5, 5.41) is 0. The van der Waals surface area contributed by atoms with E-state index in [9.17, 15) is 4.79 Å². The summed E-state index contributed by atoms with van der Waals surface area (Å²) in [6.07, 6.45) is 1.68. The molecule has 4 N–H and O–H groups in total. The second kappa shape index (κ2) is 9.34. The van der Waals surface area contributed by atoms with Crippen molar-refractivity contribution < 1.29 is 9.53 Å². The first-order valence-corrected chi connectivity index (χ1v) is 7.57. The number of hydrogen-bond donors (Lipinski definition) is 2. The molecule has 0 aliphatic heterocycles. The molecule has 0 saturated carbocycles. The zero-order valence-electron chi connectivity index (χ0n) is 13.3. The Bertz CT molecular complexity index is 778. The summed E-state index contributed by atoms with van der Waals surface area (Å²) < 4.78 is 4.88. The summed E-state index contributed by atoms with van der Waals surface area (Å²) in [7, 11) is 0. The molecule has 6 nitrogen and oxygen atoms in total. The molecule has 0 atom stereocenters. The average Bonchev–Trinajstić information content (AvgIpc) is 2.66. The largest absolute Gasteiger partial charge is 0.460 e. The molecule has 6 heteroatoms. The minimum Gasteiger partial charge on any atom is -0.460 e. The average molecular weight is 324 g/mol. The normalized spacial score (nSPS) is 9.92. The van der Waals surface area contributed by atoms with Gasteiger partial charge in [0.05, 0.1) is 11.0 Å². The third-order valence-corrected chi connectivity index (χ3v) is 3.09. The van der Waals surface area contributed by atoms with Gasteiger partial charge in [-0.3, -0.25) is 4.98 Å². The number of fused-ring (bicyclic) bond motifs is 1. The van der Waals surface area contributed by atoms with Crippen LogP contribution >= 0.6 is 0 Å². The molecule has 0 saturated heterocycles. The number of hydrogen-bond acceptors (Lipinski definition) is 6. The first-order chi connectivity index (χ1) is 11.7. The lowest BCUT2D eigenvalue weighted by Gasteiger charge is -2.02. The fourth-order valence-electron chi connectivity index (χ4n) is 1.91. The van der Waals surface area contributed by atoms with Gasteiger partial charge in [0.1, 0.15) is 12.3 Å². The van der Waals surface area contributed by atoms with Crippen LogP contribution in [0.4, 0.5) is 0 Å². The van der Waals surface area contributed by atoms with Crippen molar-refractivity contribution in [2.24, 2.45) is 11.5 Å². The maximum atomic E-state index is 11.5. The van der Waals surface area contributed by atoms with Crippen molar-refractivity contribution in [3.63, 3.8) is 0 Å². The maximum Gasteiger partial charge on any atom is 0.356 e. The third-order valence-electron chi connectivity index (χ3n) is 3.09. The molecule has 124 valence electrons. The predicted octanol–water partition coefficient (Wildman–Crippen LogP) is 1.89. The van der Waals surface area contributed by atoms with E-state index in [2.05, 4.69) is 9.97 Å². The highest BCUT2D eigenvalue weighted by Gasteiger charge is 2.09. The second-order valence-electron chi connectivity index (χ2n) is 4.85. The molecule has 3 aromatic rings. The highest BCUT2D eigenvalue weighted by Crippen LogP contribution is 2.09. The van der Waals surface area contributed by atoms with E-state index in [0.29, 0.717) is 18.6 Å². The fraction of sp³-hybridized carbons (Fsp3) is 0.167. The van der Waals surface area contributed by atoms with Crippen LogP contribution in [0.1, 0.15) is 16.1 Å². The topological polar surface area (TPSA) is 104 Å². The van der Waals surface area contributed by atoms with Crippen LogP contribution in [0.15, 0.2) is 60.8 Å². The van der Waals surface area contributed by atoms with E-state index in [1.807, 2.05) is 30.3 Å². The Labute approximate surface area is 140 Å². The van der Waals surface area contributed by atoms with Crippen molar-refractivity contribution in [2.45, 2.75) is 6.54 Å². The van der Waals surface area contributed by atoms with Crippen molar-refractivity contribution in [2.75, 3.05) is 13.2 Å². The van der Waals surface area contributed by atoms with Gasteiger partial charge in [-0.2, -0.15) is 0 Å². The summed E-state index contributed by atoms with van der Waals surface area (Å²) in [5.41, 5.74) is 13.5. The summed E-state index contributed by atoms with van der Waals surface area (Å²) in [4.78, 5) is 19.7. The standard InChI is InChI=1S/C11H11N3O2.C7H9N/c12-5-7-16-11(15)10-4-3-8-9(14-10)2-1-6-13-8;8-6-7-4-2-1-3-5-7/h1-4,6H,5,7,12H2;1-5H,6,8H2. The summed E-state index contributed by atoms with van der Waals surface area (Å²) >= 11 is 0. The summed E-state index contributed by atoms with van der Waals surface area (Å²) in [5.74, 6) is -0.462. The molecule has 0 aliphatic rings. The minimum atomic E-state index is -0.462.